The maximum absolute atomic E-state index is 12.5. The van der Waals surface area contributed by atoms with E-state index >= 15 is 0 Å². The molecule has 0 bridgehead atoms. The Morgan fingerprint density at radius 1 is 1.17 bits per heavy atom. The van der Waals surface area contributed by atoms with Gasteiger partial charge in [-0.3, -0.25) is 9.59 Å². The lowest BCUT2D eigenvalue weighted by Crippen LogP contribution is -2.35. The maximum Gasteiger partial charge on any atom is 0.214 e. The zero-order chi connectivity index (χ0) is 16.9. The van der Waals surface area contributed by atoms with Crippen LogP contribution in [0.5, 0.6) is 0 Å². The minimum Gasteiger partial charge on any atom is -0.352 e. The maximum atomic E-state index is 12.5. The fourth-order valence-corrected chi connectivity index (χ4v) is 3.09. The van der Waals surface area contributed by atoms with Gasteiger partial charge in [-0.2, -0.15) is 0 Å². The first-order chi connectivity index (χ1) is 11.6. The van der Waals surface area contributed by atoms with E-state index in [9.17, 15) is 9.59 Å². The molecule has 0 aliphatic carbocycles. The lowest BCUT2D eigenvalue weighted by atomic mass is 10.0. The number of aromatic nitrogens is 1. The summed E-state index contributed by atoms with van der Waals surface area (Å²) in [7, 11) is 0. The van der Waals surface area contributed by atoms with Crippen LogP contribution in [-0.4, -0.2) is 41.3 Å². The highest BCUT2D eigenvalue weighted by Gasteiger charge is 2.24. The molecule has 3 rings (SSSR count). The number of hydrogen-bond donors (Lipinski definition) is 0. The molecule has 0 N–H and O–H groups in total. The summed E-state index contributed by atoms with van der Waals surface area (Å²) in [5, 5.41) is 3.78. The fraction of sp³-hybridized carbons (Fsp3) is 0.421. The lowest BCUT2D eigenvalue weighted by Gasteiger charge is -2.28. The van der Waals surface area contributed by atoms with Gasteiger partial charge in [0.15, 0.2) is 5.69 Å². The number of hydrogen-bond acceptors (Lipinski definition) is 5. The first-order valence-electron chi connectivity index (χ1n) is 8.48. The van der Waals surface area contributed by atoms with Crippen LogP contribution in [0.25, 0.3) is 0 Å². The van der Waals surface area contributed by atoms with E-state index < -0.39 is 0 Å². The molecule has 126 valence electrons. The van der Waals surface area contributed by atoms with Crippen molar-refractivity contribution in [2.75, 3.05) is 19.6 Å². The third-order valence-electron chi connectivity index (χ3n) is 4.45. The second-order valence-electron chi connectivity index (χ2n) is 6.40. The summed E-state index contributed by atoms with van der Waals surface area (Å²) in [5.74, 6) is -0.336. The molecule has 5 nitrogen and oxygen atoms in total. The van der Waals surface area contributed by atoms with E-state index in [1.807, 2.05) is 13.0 Å². The molecule has 0 spiro atoms. The van der Waals surface area contributed by atoms with Gasteiger partial charge in [-0.1, -0.05) is 48.8 Å². The number of carbonyl (C=O) groups is 2. The van der Waals surface area contributed by atoms with Crippen molar-refractivity contribution in [2.24, 2.45) is 5.92 Å². The molecule has 5 heteroatoms. The molecule has 1 aromatic carbocycles. The van der Waals surface area contributed by atoms with Crippen LogP contribution in [-0.2, 0) is 0 Å². The summed E-state index contributed by atoms with van der Waals surface area (Å²) >= 11 is 0. The minimum absolute atomic E-state index is 0.0971. The fourth-order valence-electron chi connectivity index (χ4n) is 3.09. The van der Waals surface area contributed by atoms with Gasteiger partial charge in [-0.05, 0) is 25.9 Å². The average molecular weight is 326 g/mol. The Kier molecular flexibility index (Phi) is 5.20. The number of Topliss-reactive ketones (excluding diaryl/α,β-unsaturated/α-hetero) is 1. The molecule has 1 atom stereocenters. The summed E-state index contributed by atoms with van der Waals surface area (Å²) in [5.41, 5.74) is 0.709. The van der Waals surface area contributed by atoms with E-state index in [0.717, 1.165) is 19.6 Å². The molecule has 24 heavy (non-hydrogen) atoms. The summed E-state index contributed by atoms with van der Waals surface area (Å²) in [6.45, 7) is 4.72. The topological polar surface area (TPSA) is 63.4 Å². The van der Waals surface area contributed by atoms with Crippen molar-refractivity contribution >= 4 is 11.6 Å². The molecule has 1 aliphatic rings. The van der Waals surface area contributed by atoms with Crippen LogP contribution in [0.15, 0.2) is 40.9 Å². The second kappa shape index (κ2) is 7.53. The molecule has 1 aliphatic heterocycles. The van der Waals surface area contributed by atoms with Crippen LogP contribution in [0.2, 0.25) is 0 Å². The van der Waals surface area contributed by atoms with Gasteiger partial charge in [0.25, 0.3) is 0 Å². The van der Waals surface area contributed by atoms with Crippen LogP contribution in [0.1, 0.15) is 52.8 Å². The lowest BCUT2D eigenvalue weighted by molar-refractivity contribution is 0.0845. The SMILES string of the molecule is CC(CN1CCCCC1)C(=O)c1cc(C(=O)c2ccccc2)no1. The number of carbonyl (C=O) groups excluding carboxylic acids is 2. The Hall–Kier alpha value is -2.27. The first-order valence-corrected chi connectivity index (χ1v) is 8.48. The zero-order valence-corrected chi connectivity index (χ0v) is 13.9. The number of likely N-dealkylation sites (tertiary alicyclic amines) is 1. The van der Waals surface area contributed by atoms with Crippen molar-refractivity contribution in [1.82, 2.24) is 10.1 Å². The van der Waals surface area contributed by atoms with Gasteiger partial charge >= 0.3 is 0 Å². The van der Waals surface area contributed by atoms with Gasteiger partial charge in [0.1, 0.15) is 0 Å². The predicted molar refractivity (Wildman–Crippen MR) is 90.2 cm³/mol. The third-order valence-corrected chi connectivity index (χ3v) is 4.45. The van der Waals surface area contributed by atoms with Crippen LogP contribution in [0.3, 0.4) is 0 Å². The van der Waals surface area contributed by atoms with Crippen molar-refractivity contribution in [2.45, 2.75) is 26.2 Å². The Labute approximate surface area is 141 Å². The van der Waals surface area contributed by atoms with Gasteiger partial charge in [0.05, 0.1) is 0 Å². The quantitative estimate of drug-likeness (QED) is 0.763. The van der Waals surface area contributed by atoms with Crippen LogP contribution >= 0.6 is 0 Å². The second-order valence-corrected chi connectivity index (χ2v) is 6.40. The normalized spacial score (nSPS) is 16.7. The summed E-state index contributed by atoms with van der Waals surface area (Å²) in [6, 6.07) is 10.3. The Morgan fingerprint density at radius 2 is 1.88 bits per heavy atom. The Morgan fingerprint density at radius 3 is 2.58 bits per heavy atom. The molecule has 0 amide bonds. The average Bonchev–Trinajstić information content (AvgIpc) is 3.12. The summed E-state index contributed by atoms with van der Waals surface area (Å²) < 4.78 is 5.14. The number of ketones is 2. The van der Waals surface area contributed by atoms with Gasteiger partial charge in [-0.15, -0.1) is 0 Å². The van der Waals surface area contributed by atoms with Gasteiger partial charge in [0, 0.05) is 24.1 Å². The molecular formula is C19H22N2O3. The summed E-state index contributed by atoms with van der Waals surface area (Å²) in [6.07, 6.45) is 3.66. The van der Waals surface area contributed by atoms with E-state index in [4.69, 9.17) is 4.52 Å². The monoisotopic (exact) mass is 326 g/mol. The highest BCUT2D eigenvalue weighted by molar-refractivity contribution is 6.08. The zero-order valence-electron chi connectivity index (χ0n) is 13.9. The van der Waals surface area contributed by atoms with E-state index in [1.165, 1.54) is 25.3 Å². The molecule has 0 radical (unpaired) electrons. The molecule has 1 saturated heterocycles. The van der Waals surface area contributed by atoms with Crippen molar-refractivity contribution in [3.05, 3.63) is 53.4 Å². The van der Waals surface area contributed by atoms with Crippen LogP contribution < -0.4 is 0 Å². The van der Waals surface area contributed by atoms with Crippen molar-refractivity contribution in [3.63, 3.8) is 0 Å². The van der Waals surface area contributed by atoms with Crippen molar-refractivity contribution in [1.29, 1.82) is 0 Å². The van der Waals surface area contributed by atoms with E-state index in [2.05, 4.69) is 10.1 Å². The van der Waals surface area contributed by atoms with Crippen molar-refractivity contribution < 1.29 is 14.1 Å². The molecule has 2 aromatic rings. The standard InChI is InChI=1S/C19H22N2O3/c1-14(13-21-10-6-3-7-11-21)18(22)17-12-16(20-24-17)19(23)15-8-4-2-5-9-15/h2,4-5,8-9,12,14H,3,6-7,10-11,13H2,1H3. The number of piperidine rings is 1. The van der Waals surface area contributed by atoms with Crippen LogP contribution in [0.4, 0.5) is 0 Å². The van der Waals surface area contributed by atoms with E-state index in [-0.39, 0.29) is 28.9 Å². The molecule has 1 aromatic heterocycles. The largest absolute Gasteiger partial charge is 0.352 e. The number of nitrogens with zero attached hydrogens (tertiary/aromatic N) is 2. The summed E-state index contributed by atoms with van der Waals surface area (Å²) in [4.78, 5) is 27.2. The van der Waals surface area contributed by atoms with Crippen LogP contribution in [0, 0.1) is 5.92 Å². The Balaban J connectivity index is 1.65. The van der Waals surface area contributed by atoms with Gasteiger partial charge < -0.3 is 9.42 Å². The number of benzene rings is 1. The molecule has 2 heterocycles. The highest BCUT2D eigenvalue weighted by Crippen LogP contribution is 2.17. The third kappa shape index (κ3) is 3.79. The molecule has 0 saturated carbocycles. The smallest absolute Gasteiger partial charge is 0.214 e. The minimum atomic E-state index is -0.234. The molecule has 1 fully saturated rings. The van der Waals surface area contributed by atoms with Crippen molar-refractivity contribution in [3.8, 4) is 0 Å². The number of rotatable bonds is 6. The van der Waals surface area contributed by atoms with E-state index in [0.29, 0.717) is 5.56 Å². The predicted octanol–water partition coefficient (Wildman–Crippen LogP) is 3.21. The van der Waals surface area contributed by atoms with E-state index in [1.54, 1.807) is 24.3 Å². The van der Waals surface area contributed by atoms with Gasteiger partial charge in [0.2, 0.25) is 17.3 Å². The first kappa shape index (κ1) is 16.6. The molecule has 1 unspecified atom stereocenters. The highest BCUT2D eigenvalue weighted by atomic mass is 16.5. The van der Waals surface area contributed by atoms with Gasteiger partial charge in [-0.25, -0.2) is 0 Å². The molecular weight excluding hydrogens is 304 g/mol. The Bertz CT molecular complexity index is 702.